The van der Waals surface area contributed by atoms with Crippen LogP contribution < -0.4 is 4.72 Å². The molecule has 4 rings (SSSR count). The molecule has 32 heavy (non-hydrogen) atoms. The number of benzene rings is 2. The molecule has 0 aliphatic rings. The number of rotatable bonds is 4. The van der Waals surface area contributed by atoms with Crippen molar-refractivity contribution in [2.45, 2.75) is 0 Å². The second-order valence-corrected chi connectivity index (χ2v) is 9.50. The molecule has 1 N–H and O–H groups in total. The molecule has 4 aromatic rings. The van der Waals surface area contributed by atoms with E-state index >= 15 is 0 Å². The van der Waals surface area contributed by atoms with Gasteiger partial charge < -0.3 is 0 Å². The highest BCUT2D eigenvalue weighted by molar-refractivity contribution is 7.89. The molecule has 0 unspecified atom stereocenters. The number of hydrogen-bond donors (Lipinski definition) is 1. The first kappa shape index (κ1) is 22.2. The Morgan fingerprint density at radius 2 is 1.72 bits per heavy atom. The van der Waals surface area contributed by atoms with E-state index in [2.05, 4.69) is 4.98 Å². The largest absolute Gasteiger partial charge is 0.298 e. The minimum absolute atomic E-state index is 0.0250. The van der Waals surface area contributed by atoms with Crippen LogP contribution >= 0.6 is 23.2 Å². The lowest BCUT2D eigenvalue weighted by atomic mass is 10.1. The van der Waals surface area contributed by atoms with Crippen LogP contribution in [-0.2, 0) is 10.0 Å². The van der Waals surface area contributed by atoms with Gasteiger partial charge in [0.15, 0.2) is 0 Å². The van der Waals surface area contributed by atoms with Gasteiger partial charge in [0.1, 0.15) is 17.3 Å². The lowest BCUT2D eigenvalue weighted by Crippen LogP contribution is -2.30. The fraction of sp³-hybridized carbons (Fsp3) is 0.0476. The van der Waals surface area contributed by atoms with Crippen LogP contribution in [0.4, 0.5) is 8.78 Å². The van der Waals surface area contributed by atoms with E-state index in [1.807, 2.05) is 0 Å². The quantitative estimate of drug-likeness (QED) is 0.433. The van der Waals surface area contributed by atoms with E-state index in [1.165, 1.54) is 22.9 Å². The minimum atomic E-state index is -3.88. The molecule has 0 bridgehead atoms. The SMILES string of the molecule is CS(=O)(=O)NC(=O)c1cc(Cl)c(-n2cc(Cl)c3cc(-c4ccc(F)cc4)cnc32)cc1F. The second-order valence-electron chi connectivity index (χ2n) is 6.94. The molecule has 0 aliphatic heterocycles. The molecule has 0 saturated heterocycles. The van der Waals surface area contributed by atoms with Gasteiger partial charge in [0, 0.05) is 29.4 Å². The maximum Gasteiger partial charge on any atom is 0.267 e. The number of sulfonamides is 1. The van der Waals surface area contributed by atoms with Crippen LogP contribution in [0.15, 0.2) is 54.9 Å². The normalized spacial score (nSPS) is 11.7. The van der Waals surface area contributed by atoms with Gasteiger partial charge in [0.05, 0.1) is 27.6 Å². The fourth-order valence-corrected chi connectivity index (χ4v) is 4.11. The maximum atomic E-state index is 14.7. The first-order valence-corrected chi connectivity index (χ1v) is 11.6. The number of pyridine rings is 1. The Labute approximate surface area is 191 Å². The first-order chi connectivity index (χ1) is 15.0. The molecule has 0 radical (unpaired) electrons. The van der Waals surface area contributed by atoms with Crippen molar-refractivity contribution in [2.24, 2.45) is 0 Å². The van der Waals surface area contributed by atoms with Crippen molar-refractivity contribution < 1.29 is 22.0 Å². The van der Waals surface area contributed by atoms with Crippen molar-refractivity contribution in [1.82, 2.24) is 14.3 Å². The zero-order valence-corrected chi connectivity index (χ0v) is 18.6. The number of carbonyl (C=O) groups is 1. The highest BCUT2D eigenvalue weighted by Crippen LogP contribution is 2.34. The Kier molecular flexibility index (Phi) is 5.66. The molecule has 0 saturated carbocycles. The third kappa shape index (κ3) is 4.32. The van der Waals surface area contributed by atoms with Crippen molar-refractivity contribution in [3.05, 3.63) is 82.1 Å². The van der Waals surface area contributed by atoms with Crippen LogP contribution in [0.3, 0.4) is 0 Å². The predicted octanol–water partition coefficient (Wildman–Crippen LogP) is 4.97. The molecular formula is C21H13Cl2F2N3O3S. The van der Waals surface area contributed by atoms with Crippen LogP contribution in [0.2, 0.25) is 10.0 Å². The molecule has 0 atom stereocenters. The van der Waals surface area contributed by atoms with Crippen molar-refractivity contribution in [3.63, 3.8) is 0 Å². The van der Waals surface area contributed by atoms with Gasteiger partial charge in [-0.15, -0.1) is 0 Å². The number of fused-ring (bicyclic) bond motifs is 1. The summed E-state index contributed by atoms with van der Waals surface area (Å²) in [5, 5.41) is 0.832. The smallest absolute Gasteiger partial charge is 0.267 e. The van der Waals surface area contributed by atoms with Gasteiger partial charge in [0.25, 0.3) is 5.91 Å². The number of nitrogens with one attached hydrogen (secondary N) is 1. The van der Waals surface area contributed by atoms with E-state index in [0.717, 1.165) is 24.0 Å². The van der Waals surface area contributed by atoms with Gasteiger partial charge in [-0.05, 0) is 29.8 Å². The first-order valence-electron chi connectivity index (χ1n) is 8.97. The fourth-order valence-electron chi connectivity index (χ4n) is 3.17. The van der Waals surface area contributed by atoms with Gasteiger partial charge in [0.2, 0.25) is 10.0 Å². The van der Waals surface area contributed by atoms with E-state index in [0.29, 0.717) is 21.6 Å². The van der Waals surface area contributed by atoms with Gasteiger partial charge in [-0.2, -0.15) is 0 Å². The zero-order chi connectivity index (χ0) is 23.2. The van der Waals surface area contributed by atoms with Crippen LogP contribution in [0.25, 0.3) is 27.8 Å². The van der Waals surface area contributed by atoms with Crippen LogP contribution in [0.5, 0.6) is 0 Å². The lowest BCUT2D eigenvalue weighted by molar-refractivity contribution is 0.0978. The molecule has 2 heterocycles. The summed E-state index contributed by atoms with van der Waals surface area (Å²) < 4.78 is 53.5. The highest BCUT2D eigenvalue weighted by Gasteiger charge is 2.20. The summed E-state index contributed by atoms with van der Waals surface area (Å²) in [5.74, 6) is -2.49. The molecule has 11 heteroatoms. The predicted molar refractivity (Wildman–Crippen MR) is 119 cm³/mol. The summed E-state index contributed by atoms with van der Waals surface area (Å²) in [6, 6.07) is 9.65. The van der Waals surface area contributed by atoms with Crippen LogP contribution in [-0.4, -0.2) is 30.1 Å². The summed E-state index contributed by atoms with van der Waals surface area (Å²) >= 11 is 12.6. The van der Waals surface area contributed by atoms with Crippen molar-refractivity contribution >= 4 is 50.2 Å². The lowest BCUT2D eigenvalue weighted by Gasteiger charge is -2.11. The molecule has 0 spiro atoms. The average Bonchev–Trinajstić information content (AvgIpc) is 3.04. The van der Waals surface area contributed by atoms with Gasteiger partial charge in [-0.25, -0.2) is 26.9 Å². The number of halogens is 4. The summed E-state index contributed by atoms with van der Waals surface area (Å²) in [4.78, 5) is 16.4. The van der Waals surface area contributed by atoms with Gasteiger partial charge in [-0.3, -0.25) is 9.36 Å². The van der Waals surface area contributed by atoms with E-state index in [-0.39, 0.29) is 16.5 Å². The zero-order valence-electron chi connectivity index (χ0n) is 16.2. The number of amides is 1. The van der Waals surface area contributed by atoms with Crippen molar-refractivity contribution in [1.29, 1.82) is 0 Å². The van der Waals surface area contributed by atoms with Gasteiger partial charge in [-0.1, -0.05) is 35.3 Å². The molecule has 2 aromatic heterocycles. The third-order valence-electron chi connectivity index (χ3n) is 4.59. The van der Waals surface area contributed by atoms with E-state index in [1.54, 1.807) is 29.1 Å². The topological polar surface area (TPSA) is 81.1 Å². The molecule has 0 fully saturated rings. The molecule has 6 nitrogen and oxygen atoms in total. The van der Waals surface area contributed by atoms with Crippen LogP contribution in [0.1, 0.15) is 10.4 Å². The van der Waals surface area contributed by atoms with Crippen LogP contribution in [0, 0.1) is 11.6 Å². The second kappa shape index (κ2) is 8.16. The highest BCUT2D eigenvalue weighted by atomic mass is 35.5. The summed E-state index contributed by atoms with van der Waals surface area (Å²) in [6.45, 7) is 0. The van der Waals surface area contributed by atoms with E-state index in [9.17, 15) is 22.0 Å². The number of hydrogen-bond acceptors (Lipinski definition) is 4. The number of aromatic nitrogens is 2. The Bertz CT molecular complexity index is 1490. The molecule has 1 amide bonds. The van der Waals surface area contributed by atoms with Gasteiger partial charge >= 0.3 is 0 Å². The monoisotopic (exact) mass is 495 g/mol. The Hall–Kier alpha value is -3.01. The molecule has 164 valence electrons. The Morgan fingerprint density at radius 1 is 1.03 bits per heavy atom. The number of nitrogens with zero attached hydrogens (tertiary/aromatic N) is 2. The number of carbonyl (C=O) groups excluding carboxylic acids is 1. The summed E-state index contributed by atoms with van der Waals surface area (Å²) in [7, 11) is -3.88. The third-order valence-corrected chi connectivity index (χ3v) is 5.75. The average molecular weight is 496 g/mol. The van der Waals surface area contributed by atoms with E-state index < -0.39 is 27.3 Å². The standard InChI is InChI=1S/C21H13Cl2F2N3O3S/c1-32(30,31)27-21(29)15-7-16(22)19(8-18(15)25)28-10-17(23)14-6-12(9-26-20(14)28)11-2-4-13(24)5-3-11/h2-10H,1H3,(H,27,29). The molecular weight excluding hydrogens is 483 g/mol. The maximum absolute atomic E-state index is 14.7. The molecule has 0 aliphatic carbocycles. The summed E-state index contributed by atoms with van der Waals surface area (Å²) in [6.07, 6.45) is 3.82. The molecule has 2 aromatic carbocycles. The van der Waals surface area contributed by atoms with Crippen molar-refractivity contribution in [3.8, 4) is 16.8 Å². The minimum Gasteiger partial charge on any atom is -0.298 e. The Balaban J connectivity index is 1.79. The van der Waals surface area contributed by atoms with Crippen molar-refractivity contribution in [2.75, 3.05) is 6.26 Å². The Morgan fingerprint density at radius 3 is 2.38 bits per heavy atom. The van der Waals surface area contributed by atoms with E-state index in [4.69, 9.17) is 23.2 Å². The summed E-state index contributed by atoms with van der Waals surface area (Å²) in [5.41, 5.74) is 1.42.